The predicted molar refractivity (Wildman–Crippen MR) is 238 cm³/mol. The Morgan fingerprint density at radius 1 is 0.969 bits per heavy atom. The average molecular weight is 940 g/mol. The minimum Gasteiger partial charge on any atom is -0.475 e. The summed E-state index contributed by atoms with van der Waals surface area (Å²) in [5, 5.41) is 28.5. The van der Waals surface area contributed by atoms with E-state index in [1.54, 1.807) is 28.2 Å². The number of aliphatic carboxylic acids is 1. The van der Waals surface area contributed by atoms with Crippen molar-refractivity contribution in [1.82, 2.24) is 29.9 Å². The molecule has 0 spiro atoms. The molecular weight excluding hydrogens is 891 g/mol. The molecule has 2 aromatic carbocycles. The lowest BCUT2D eigenvalue weighted by molar-refractivity contribution is -0.192. The predicted octanol–water partition coefficient (Wildman–Crippen LogP) is 6.83. The molecule has 1 aliphatic heterocycles. The van der Waals surface area contributed by atoms with Crippen LogP contribution in [0.3, 0.4) is 0 Å². The highest BCUT2D eigenvalue weighted by Crippen LogP contribution is 2.40. The van der Waals surface area contributed by atoms with Crippen molar-refractivity contribution < 1.29 is 46.9 Å². The first-order valence-electron chi connectivity index (χ1n) is 20.5. The van der Waals surface area contributed by atoms with E-state index in [1.165, 1.54) is 4.88 Å². The maximum atomic E-state index is 13.3. The molecule has 346 valence electrons. The molecule has 2 amide bonds. The number of primary amides is 1. The van der Waals surface area contributed by atoms with Crippen molar-refractivity contribution in [3.8, 4) is 10.7 Å². The van der Waals surface area contributed by atoms with E-state index in [2.05, 4.69) is 48.5 Å². The van der Waals surface area contributed by atoms with Gasteiger partial charge in [-0.1, -0.05) is 37.6 Å². The fraction of sp³-hybridized carbons (Fsp3) is 0.409. The van der Waals surface area contributed by atoms with Crippen LogP contribution in [0.2, 0.25) is 5.02 Å². The van der Waals surface area contributed by atoms with Crippen LogP contribution < -0.4 is 16.4 Å². The van der Waals surface area contributed by atoms with Gasteiger partial charge in [-0.15, -0.1) is 21.5 Å². The highest BCUT2D eigenvalue weighted by Gasteiger charge is 2.39. The Morgan fingerprint density at radius 2 is 1.63 bits per heavy atom. The molecule has 0 unspecified atom stereocenters. The standard InChI is InChI=1S/C42H48ClN9O5S.C2HF3O2/c1-23-25(3)58-41-36(23)38(27-7-9-28(43)10-8-27)47-32(40-49-48-26(4)51(40)41)20-35(54)46-14-16-57-18-17-56-15-13-45-31-19-29(11-12-30(31)39(44)55)52-33-21-42(5,6)22-34(53)37(33)24(2)50-52;3-2(4,5)1(6)7/h7-12,19,32,45H,13-18,20-22H2,1-6H3,(H2,44,55)(H,46,54);(H,6,7)/t32-;/m0./s1. The van der Waals surface area contributed by atoms with E-state index in [0.717, 1.165) is 44.6 Å². The minimum atomic E-state index is -5.08. The molecule has 1 aliphatic carbocycles. The molecule has 0 saturated heterocycles. The van der Waals surface area contributed by atoms with E-state index >= 15 is 0 Å². The van der Waals surface area contributed by atoms with E-state index in [4.69, 9.17) is 46.8 Å². The number of ether oxygens (including phenoxy) is 2. The lowest BCUT2D eigenvalue weighted by atomic mass is 9.75. The number of alkyl halides is 3. The number of rotatable bonds is 15. The summed E-state index contributed by atoms with van der Waals surface area (Å²) in [6, 6.07) is 12.3. The Kier molecular flexibility index (Phi) is 15.0. The van der Waals surface area contributed by atoms with Crippen LogP contribution in [-0.2, 0) is 25.5 Å². The Morgan fingerprint density at radius 3 is 2.28 bits per heavy atom. The van der Waals surface area contributed by atoms with E-state index in [9.17, 15) is 27.6 Å². The largest absolute Gasteiger partial charge is 0.490 e. The molecule has 0 saturated carbocycles. The normalized spacial score (nSPS) is 15.1. The molecule has 65 heavy (non-hydrogen) atoms. The zero-order valence-corrected chi connectivity index (χ0v) is 38.1. The molecule has 16 nitrogen and oxygen atoms in total. The number of carboxylic acid groups (broad SMARTS) is 1. The Balaban J connectivity index is 0.000000925. The first kappa shape index (κ1) is 48.5. The van der Waals surface area contributed by atoms with Crippen LogP contribution in [0.15, 0.2) is 47.5 Å². The number of Topliss-reactive ketones (excluding diaryl/α,β-unsaturated/α-hetero) is 1. The number of carbonyl (C=O) groups excluding carboxylic acids is 3. The van der Waals surface area contributed by atoms with E-state index in [1.807, 2.05) is 48.7 Å². The van der Waals surface area contributed by atoms with Gasteiger partial charge < -0.3 is 30.9 Å². The summed E-state index contributed by atoms with van der Waals surface area (Å²) in [6.45, 7) is 14.1. The summed E-state index contributed by atoms with van der Waals surface area (Å²) in [5.74, 6) is -2.05. The van der Waals surface area contributed by atoms with Gasteiger partial charge in [0.15, 0.2) is 11.6 Å². The second kappa shape index (κ2) is 20.1. The molecular formula is C44H49ClF3N9O7S. The van der Waals surface area contributed by atoms with Crippen molar-refractivity contribution in [2.45, 2.75) is 73.0 Å². The summed E-state index contributed by atoms with van der Waals surface area (Å²) in [5.41, 5.74) is 13.2. The summed E-state index contributed by atoms with van der Waals surface area (Å²) >= 11 is 7.89. The number of aliphatic imine (C=N–C) groups is 1. The molecule has 1 atom stereocenters. The number of carboxylic acids is 1. The van der Waals surface area contributed by atoms with Gasteiger partial charge in [0.2, 0.25) is 5.91 Å². The molecule has 5 aromatic rings. The highest BCUT2D eigenvalue weighted by atomic mass is 35.5. The van der Waals surface area contributed by atoms with Gasteiger partial charge in [-0.25, -0.2) is 9.48 Å². The second-order valence-electron chi connectivity index (χ2n) is 16.3. The third-order valence-electron chi connectivity index (χ3n) is 10.7. The van der Waals surface area contributed by atoms with Gasteiger partial charge in [0.05, 0.1) is 66.8 Å². The fourth-order valence-electron chi connectivity index (χ4n) is 7.60. The quantitative estimate of drug-likeness (QED) is 0.0798. The second-order valence-corrected chi connectivity index (χ2v) is 17.9. The van der Waals surface area contributed by atoms with Crippen LogP contribution >= 0.6 is 22.9 Å². The highest BCUT2D eigenvalue weighted by molar-refractivity contribution is 7.15. The Hall–Kier alpha value is -5.96. The van der Waals surface area contributed by atoms with Gasteiger partial charge in [-0.2, -0.15) is 18.3 Å². The van der Waals surface area contributed by atoms with Crippen LogP contribution in [0, 0.1) is 33.1 Å². The average Bonchev–Trinajstić information content (AvgIpc) is 3.84. The van der Waals surface area contributed by atoms with Crippen LogP contribution in [0.5, 0.6) is 0 Å². The smallest absolute Gasteiger partial charge is 0.475 e. The number of carbonyl (C=O) groups is 4. The number of nitrogens with two attached hydrogens (primary N) is 1. The van der Waals surface area contributed by atoms with Crippen LogP contribution in [0.25, 0.3) is 10.7 Å². The topological polar surface area (TPSA) is 218 Å². The maximum Gasteiger partial charge on any atom is 0.490 e. The van der Waals surface area contributed by atoms with Gasteiger partial charge >= 0.3 is 12.1 Å². The molecule has 0 fully saturated rings. The summed E-state index contributed by atoms with van der Waals surface area (Å²) in [7, 11) is 0. The first-order chi connectivity index (χ1) is 30.7. The van der Waals surface area contributed by atoms with Crippen LogP contribution in [-0.4, -0.2) is 105 Å². The van der Waals surface area contributed by atoms with Gasteiger partial charge in [0.1, 0.15) is 16.9 Å². The number of fused-ring (bicyclic) bond motifs is 4. The van der Waals surface area contributed by atoms with Crippen molar-refractivity contribution in [3.63, 3.8) is 0 Å². The molecule has 5 N–H and O–H groups in total. The third kappa shape index (κ3) is 11.3. The van der Waals surface area contributed by atoms with Crippen molar-refractivity contribution in [1.29, 1.82) is 0 Å². The number of hydrogen-bond acceptors (Lipinski definition) is 12. The minimum absolute atomic E-state index is 0.0836. The number of aryl methyl sites for hydroxylation is 3. The van der Waals surface area contributed by atoms with Crippen molar-refractivity contribution in [2.75, 3.05) is 44.8 Å². The number of nitrogens with zero attached hydrogens (tertiary/aromatic N) is 6. The van der Waals surface area contributed by atoms with Crippen LogP contribution in [0.1, 0.15) is 98.1 Å². The number of halogens is 4. The third-order valence-corrected chi connectivity index (χ3v) is 12.2. The summed E-state index contributed by atoms with van der Waals surface area (Å²) in [4.78, 5) is 53.7. The molecule has 4 heterocycles. The Bertz CT molecular complexity index is 2640. The van der Waals surface area contributed by atoms with E-state index < -0.39 is 24.1 Å². The number of hydrogen-bond donors (Lipinski definition) is 4. The van der Waals surface area contributed by atoms with Gasteiger partial charge in [0, 0.05) is 46.2 Å². The molecule has 3 aromatic heterocycles. The van der Waals surface area contributed by atoms with Crippen molar-refractivity contribution in [3.05, 3.63) is 103 Å². The lowest BCUT2D eigenvalue weighted by Gasteiger charge is -2.29. The number of ketones is 1. The first-order valence-corrected chi connectivity index (χ1v) is 21.7. The monoisotopic (exact) mass is 939 g/mol. The van der Waals surface area contributed by atoms with Crippen molar-refractivity contribution >= 4 is 57.9 Å². The number of amides is 2. The van der Waals surface area contributed by atoms with Gasteiger partial charge in [-0.05, 0) is 75.4 Å². The Labute approximate surface area is 381 Å². The number of thiophene rings is 1. The zero-order valence-electron chi connectivity index (χ0n) is 36.6. The number of aromatic nitrogens is 5. The van der Waals surface area contributed by atoms with Gasteiger partial charge in [0.25, 0.3) is 5.91 Å². The molecule has 0 radical (unpaired) electrons. The van der Waals surface area contributed by atoms with Crippen LogP contribution in [0.4, 0.5) is 18.9 Å². The number of nitrogens with one attached hydrogen (secondary N) is 2. The zero-order chi connectivity index (χ0) is 47.4. The van der Waals surface area contributed by atoms with E-state index in [0.29, 0.717) is 85.7 Å². The summed E-state index contributed by atoms with van der Waals surface area (Å²) < 4.78 is 47.0. The van der Waals surface area contributed by atoms with E-state index in [-0.39, 0.29) is 23.5 Å². The fourth-order valence-corrected chi connectivity index (χ4v) is 8.94. The number of anilines is 1. The van der Waals surface area contributed by atoms with Gasteiger partial charge in [-0.3, -0.25) is 23.9 Å². The lowest BCUT2D eigenvalue weighted by Crippen LogP contribution is -2.29. The molecule has 2 aliphatic rings. The molecule has 0 bridgehead atoms. The molecule has 21 heteroatoms. The summed E-state index contributed by atoms with van der Waals surface area (Å²) in [6.07, 6.45) is -3.81. The SMILES string of the molecule is Cc1nn(-c2ccc(C(N)=O)c(NCCOCCOCCNC(=O)C[C@@H]3N=C(c4ccc(Cl)cc4)c4c(sc(C)c4C)-n4c(C)nnc43)c2)c2c1C(=O)CC(C)(C)C2.O=C(O)C(F)(F)F. The molecule has 7 rings (SSSR count). The maximum absolute atomic E-state index is 13.3. The number of benzene rings is 2. The van der Waals surface area contributed by atoms with Crippen molar-refractivity contribution in [2.24, 2.45) is 16.1 Å².